The lowest BCUT2D eigenvalue weighted by molar-refractivity contribution is 0.0709. The van der Waals surface area contributed by atoms with Gasteiger partial charge in [0.25, 0.3) is 5.91 Å². The van der Waals surface area contributed by atoms with E-state index < -0.39 is 9.84 Å². The average molecular weight is 432 g/mol. The second-order valence-corrected chi connectivity index (χ2v) is 9.78. The molecule has 0 bridgehead atoms. The lowest BCUT2D eigenvalue weighted by Gasteiger charge is -2.28. The summed E-state index contributed by atoms with van der Waals surface area (Å²) in [7, 11) is -3.25. The molecule has 0 saturated heterocycles. The van der Waals surface area contributed by atoms with Crippen LogP contribution in [0.25, 0.3) is 21.9 Å². The summed E-state index contributed by atoms with van der Waals surface area (Å²) in [6, 6.07) is 18.5. The van der Waals surface area contributed by atoms with E-state index in [-0.39, 0.29) is 10.8 Å². The van der Waals surface area contributed by atoms with Crippen molar-refractivity contribution in [3.05, 3.63) is 84.4 Å². The molecule has 1 aliphatic heterocycles. The highest BCUT2D eigenvalue weighted by atomic mass is 32.2. The Hall–Kier alpha value is -3.45. The van der Waals surface area contributed by atoms with Crippen LogP contribution < -0.4 is 0 Å². The van der Waals surface area contributed by atoms with Gasteiger partial charge in [0, 0.05) is 37.3 Å². The van der Waals surface area contributed by atoms with Gasteiger partial charge in [-0.1, -0.05) is 42.5 Å². The molecule has 2 heterocycles. The second-order valence-electron chi connectivity index (χ2n) is 7.77. The molecule has 1 amide bonds. The number of hydrogen-bond acceptors (Lipinski definition) is 4. The lowest BCUT2D eigenvalue weighted by atomic mass is 9.95. The number of imidazole rings is 1. The number of carbonyl (C=O) groups excluding carboxylic acids is 1. The number of fused-ring (bicyclic) bond motifs is 2. The van der Waals surface area contributed by atoms with Crippen LogP contribution in [-0.4, -0.2) is 41.6 Å². The van der Waals surface area contributed by atoms with Gasteiger partial charge in [0.05, 0.1) is 11.4 Å². The number of carbonyl (C=O) groups is 1. The van der Waals surface area contributed by atoms with Crippen molar-refractivity contribution in [1.29, 1.82) is 0 Å². The van der Waals surface area contributed by atoms with Crippen LogP contribution >= 0.6 is 0 Å². The molecule has 0 saturated carbocycles. The Balaban J connectivity index is 1.54. The minimum absolute atomic E-state index is 0.00979. The maximum absolute atomic E-state index is 13.4. The van der Waals surface area contributed by atoms with E-state index in [4.69, 9.17) is 0 Å². The van der Waals surface area contributed by atoms with Crippen molar-refractivity contribution >= 4 is 26.5 Å². The minimum Gasteiger partial charge on any atom is -0.332 e. The zero-order chi connectivity index (χ0) is 21.6. The highest BCUT2D eigenvalue weighted by Crippen LogP contribution is 2.32. The van der Waals surface area contributed by atoms with E-state index in [2.05, 4.69) is 9.55 Å². The quantitative estimate of drug-likeness (QED) is 0.495. The number of aromatic nitrogens is 2. The molecule has 0 unspecified atom stereocenters. The predicted molar refractivity (Wildman–Crippen MR) is 119 cm³/mol. The Morgan fingerprint density at radius 1 is 0.935 bits per heavy atom. The Bertz CT molecular complexity index is 1410. The highest BCUT2D eigenvalue weighted by Gasteiger charge is 2.23. The molecule has 31 heavy (non-hydrogen) atoms. The first-order valence-electron chi connectivity index (χ1n) is 10.0. The number of rotatable bonds is 3. The molecule has 0 radical (unpaired) electrons. The third-order valence-corrected chi connectivity index (χ3v) is 6.91. The van der Waals surface area contributed by atoms with Crippen molar-refractivity contribution in [2.24, 2.45) is 0 Å². The third kappa shape index (κ3) is 3.51. The van der Waals surface area contributed by atoms with E-state index in [1.54, 1.807) is 18.3 Å². The Morgan fingerprint density at radius 2 is 1.68 bits per heavy atom. The van der Waals surface area contributed by atoms with E-state index in [9.17, 15) is 13.2 Å². The van der Waals surface area contributed by atoms with Gasteiger partial charge in [0.15, 0.2) is 9.84 Å². The Morgan fingerprint density at radius 3 is 2.45 bits per heavy atom. The first kappa shape index (κ1) is 19.5. The second kappa shape index (κ2) is 7.35. The monoisotopic (exact) mass is 431 g/mol. The van der Waals surface area contributed by atoms with Crippen LogP contribution in [0.5, 0.6) is 0 Å². The SMILES string of the molecule is CS(=O)(=O)c1ccc(-c2cccc3c(C(=O)N4CCn5ccnc5C4)cccc23)cc1. The fraction of sp³-hybridized carbons (Fsp3) is 0.167. The van der Waals surface area contributed by atoms with Crippen LogP contribution in [0.1, 0.15) is 16.2 Å². The highest BCUT2D eigenvalue weighted by molar-refractivity contribution is 7.90. The zero-order valence-corrected chi connectivity index (χ0v) is 17.8. The van der Waals surface area contributed by atoms with Gasteiger partial charge in [0.1, 0.15) is 5.82 Å². The van der Waals surface area contributed by atoms with Crippen molar-refractivity contribution in [2.75, 3.05) is 12.8 Å². The molecule has 1 aliphatic rings. The molecule has 4 aromatic rings. The fourth-order valence-electron chi connectivity index (χ4n) is 4.15. The van der Waals surface area contributed by atoms with Gasteiger partial charge in [-0.2, -0.15) is 0 Å². The van der Waals surface area contributed by atoms with Crippen LogP contribution in [-0.2, 0) is 22.9 Å². The number of nitrogens with zero attached hydrogens (tertiary/aromatic N) is 3. The topological polar surface area (TPSA) is 72.3 Å². The Labute approximate surface area is 180 Å². The molecule has 0 atom stereocenters. The van der Waals surface area contributed by atoms with Crippen molar-refractivity contribution in [1.82, 2.24) is 14.5 Å². The van der Waals surface area contributed by atoms with Crippen LogP contribution in [0.2, 0.25) is 0 Å². The van der Waals surface area contributed by atoms with Crippen LogP contribution in [0.15, 0.2) is 78.0 Å². The third-order valence-electron chi connectivity index (χ3n) is 5.78. The molecule has 0 fully saturated rings. The predicted octanol–water partition coefficient (Wildman–Crippen LogP) is 3.76. The molecule has 0 aliphatic carbocycles. The fourth-order valence-corrected chi connectivity index (χ4v) is 4.78. The molecule has 0 spiro atoms. The first-order valence-corrected chi connectivity index (χ1v) is 11.9. The molecule has 1 aromatic heterocycles. The summed E-state index contributed by atoms with van der Waals surface area (Å²) in [5, 5.41) is 1.84. The maximum atomic E-state index is 13.4. The number of sulfone groups is 1. The van der Waals surface area contributed by atoms with Crippen LogP contribution in [0.3, 0.4) is 0 Å². The van der Waals surface area contributed by atoms with E-state index in [1.165, 1.54) is 6.26 Å². The molecular formula is C24H21N3O3S. The minimum atomic E-state index is -3.25. The van der Waals surface area contributed by atoms with E-state index in [0.717, 1.165) is 34.3 Å². The molecule has 7 heteroatoms. The van der Waals surface area contributed by atoms with Crippen LogP contribution in [0.4, 0.5) is 0 Å². The standard InChI is InChI=1S/C24H21N3O3S/c1-31(29,30)18-10-8-17(9-11-18)19-4-2-6-21-20(19)5-3-7-22(21)24(28)27-15-14-26-13-12-25-23(26)16-27/h2-13H,14-16H2,1H3. The summed E-state index contributed by atoms with van der Waals surface area (Å²) in [6.07, 6.45) is 4.91. The largest absolute Gasteiger partial charge is 0.332 e. The van der Waals surface area contributed by atoms with Crippen molar-refractivity contribution in [3.8, 4) is 11.1 Å². The van der Waals surface area contributed by atoms with Crippen molar-refractivity contribution in [2.45, 2.75) is 18.0 Å². The molecule has 3 aromatic carbocycles. The summed E-state index contributed by atoms with van der Waals surface area (Å²) in [5.41, 5.74) is 2.52. The smallest absolute Gasteiger partial charge is 0.254 e. The van der Waals surface area contributed by atoms with Gasteiger partial charge in [-0.05, 0) is 40.1 Å². The number of amides is 1. The molecular weight excluding hydrogens is 410 g/mol. The lowest BCUT2D eigenvalue weighted by Crippen LogP contribution is -2.38. The average Bonchev–Trinajstić information content (AvgIpc) is 3.25. The molecule has 0 N–H and O–H groups in total. The normalized spacial score (nSPS) is 13.9. The zero-order valence-electron chi connectivity index (χ0n) is 17.0. The summed E-state index contributed by atoms with van der Waals surface area (Å²) in [6.45, 7) is 1.88. The van der Waals surface area contributed by atoms with Gasteiger partial charge in [-0.3, -0.25) is 4.79 Å². The van der Waals surface area contributed by atoms with Crippen molar-refractivity contribution in [3.63, 3.8) is 0 Å². The summed E-state index contributed by atoms with van der Waals surface area (Å²) >= 11 is 0. The van der Waals surface area contributed by atoms with E-state index in [1.807, 2.05) is 59.6 Å². The maximum Gasteiger partial charge on any atom is 0.254 e. The number of benzene rings is 3. The number of hydrogen-bond donors (Lipinski definition) is 0. The van der Waals surface area contributed by atoms with E-state index >= 15 is 0 Å². The molecule has 156 valence electrons. The van der Waals surface area contributed by atoms with E-state index in [0.29, 0.717) is 18.7 Å². The summed E-state index contributed by atoms with van der Waals surface area (Å²) in [4.78, 5) is 19.8. The Kier molecular flexibility index (Phi) is 4.63. The summed E-state index contributed by atoms with van der Waals surface area (Å²) < 4.78 is 25.6. The van der Waals surface area contributed by atoms with Crippen molar-refractivity contribution < 1.29 is 13.2 Å². The van der Waals surface area contributed by atoms with Gasteiger partial charge in [0.2, 0.25) is 0 Å². The molecule has 6 nitrogen and oxygen atoms in total. The first-order chi connectivity index (χ1) is 14.9. The van der Waals surface area contributed by atoms with Gasteiger partial charge in [-0.25, -0.2) is 13.4 Å². The van der Waals surface area contributed by atoms with Crippen LogP contribution in [0, 0.1) is 0 Å². The van der Waals surface area contributed by atoms with Gasteiger partial charge < -0.3 is 9.47 Å². The summed E-state index contributed by atoms with van der Waals surface area (Å²) in [5.74, 6) is 0.885. The van der Waals surface area contributed by atoms with Gasteiger partial charge in [-0.15, -0.1) is 0 Å². The molecule has 5 rings (SSSR count). The van der Waals surface area contributed by atoms with Gasteiger partial charge >= 0.3 is 0 Å².